The van der Waals surface area contributed by atoms with Gasteiger partial charge < -0.3 is 10.3 Å². The SMILES string of the molecule is Cc1cc(=O)[nH]c(-c2cccc(NC(=O)c3cc(S(=O)(=O)N4CCCCC4)ccc3C)c2)n1. The van der Waals surface area contributed by atoms with Crippen molar-refractivity contribution in [1.29, 1.82) is 0 Å². The number of nitrogens with one attached hydrogen (secondary N) is 2. The Morgan fingerprint density at radius 2 is 1.79 bits per heavy atom. The van der Waals surface area contributed by atoms with E-state index in [-0.39, 0.29) is 10.5 Å². The lowest BCUT2D eigenvalue weighted by atomic mass is 10.1. The standard InChI is InChI=1S/C24H26N4O4S/c1-16-9-10-20(33(31,32)28-11-4-3-5-12-28)15-21(16)24(30)26-19-8-6-7-18(14-19)23-25-17(2)13-22(29)27-23/h6-10,13-15H,3-5,11-12H2,1-2H3,(H,26,30)(H,25,27,29). The molecule has 33 heavy (non-hydrogen) atoms. The third-order valence-electron chi connectivity index (χ3n) is 5.67. The smallest absolute Gasteiger partial charge is 0.255 e. The van der Waals surface area contributed by atoms with E-state index < -0.39 is 15.9 Å². The molecule has 172 valence electrons. The van der Waals surface area contributed by atoms with Gasteiger partial charge >= 0.3 is 0 Å². The van der Waals surface area contributed by atoms with E-state index >= 15 is 0 Å². The highest BCUT2D eigenvalue weighted by Gasteiger charge is 2.27. The van der Waals surface area contributed by atoms with Crippen molar-refractivity contribution in [2.45, 2.75) is 38.0 Å². The van der Waals surface area contributed by atoms with Crippen LogP contribution in [-0.4, -0.2) is 41.7 Å². The monoisotopic (exact) mass is 466 g/mol. The molecule has 0 unspecified atom stereocenters. The van der Waals surface area contributed by atoms with E-state index in [0.29, 0.717) is 47.0 Å². The molecule has 0 atom stereocenters. The number of benzene rings is 2. The highest BCUT2D eigenvalue weighted by molar-refractivity contribution is 7.89. The molecule has 0 saturated carbocycles. The molecule has 1 aromatic heterocycles. The Morgan fingerprint density at radius 3 is 2.52 bits per heavy atom. The number of hydrogen-bond donors (Lipinski definition) is 2. The molecular weight excluding hydrogens is 440 g/mol. The maximum atomic E-state index is 13.1. The predicted octanol–water partition coefficient (Wildman–Crippen LogP) is 3.48. The highest BCUT2D eigenvalue weighted by atomic mass is 32.2. The summed E-state index contributed by atoms with van der Waals surface area (Å²) in [5.41, 5.74) is 2.45. The molecule has 0 radical (unpaired) electrons. The van der Waals surface area contributed by atoms with Crippen LogP contribution in [0.15, 0.2) is 58.2 Å². The second-order valence-electron chi connectivity index (χ2n) is 8.21. The molecule has 0 bridgehead atoms. The average molecular weight is 467 g/mol. The summed E-state index contributed by atoms with van der Waals surface area (Å²) >= 11 is 0. The summed E-state index contributed by atoms with van der Waals surface area (Å²) < 4.78 is 27.6. The molecule has 1 saturated heterocycles. The molecule has 0 aliphatic carbocycles. The van der Waals surface area contributed by atoms with Gasteiger partial charge in [0.2, 0.25) is 10.0 Å². The van der Waals surface area contributed by atoms with Crippen molar-refractivity contribution in [1.82, 2.24) is 14.3 Å². The minimum atomic E-state index is -3.65. The average Bonchev–Trinajstić information content (AvgIpc) is 2.79. The van der Waals surface area contributed by atoms with Crippen LogP contribution in [0.2, 0.25) is 0 Å². The molecule has 4 rings (SSSR count). The van der Waals surface area contributed by atoms with Crippen molar-refractivity contribution < 1.29 is 13.2 Å². The number of aryl methyl sites for hydroxylation is 2. The number of H-pyrrole nitrogens is 1. The normalized spacial score (nSPS) is 14.7. The van der Waals surface area contributed by atoms with Crippen LogP contribution < -0.4 is 10.9 Å². The van der Waals surface area contributed by atoms with Gasteiger partial charge in [0.1, 0.15) is 5.82 Å². The largest absolute Gasteiger partial charge is 0.322 e. The van der Waals surface area contributed by atoms with Crippen LogP contribution in [0.5, 0.6) is 0 Å². The minimum absolute atomic E-state index is 0.121. The zero-order chi connectivity index (χ0) is 23.6. The van der Waals surface area contributed by atoms with Gasteiger partial charge in [-0.05, 0) is 56.5 Å². The van der Waals surface area contributed by atoms with Gasteiger partial charge in [-0.3, -0.25) is 9.59 Å². The molecule has 1 amide bonds. The predicted molar refractivity (Wildman–Crippen MR) is 127 cm³/mol. The van der Waals surface area contributed by atoms with Gasteiger partial charge in [0.15, 0.2) is 0 Å². The van der Waals surface area contributed by atoms with E-state index in [1.165, 1.54) is 16.4 Å². The van der Waals surface area contributed by atoms with Crippen molar-refractivity contribution in [2.75, 3.05) is 18.4 Å². The van der Waals surface area contributed by atoms with Crippen LogP contribution in [0.1, 0.15) is 40.9 Å². The Morgan fingerprint density at radius 1 is 1.03 bits per heavy atom. The number of hydrogen-bond acceptors (Lipinski definition) is 5. The van der Waals surface area contributed by atoms with Crippen LogP contribution in [-0.2, 0) is 10.0 Å². The van der Waals surface area contributed by atoms with Gasteiger partial charge in [-0.15, -0.1) is 0 Å². The van der Waals surface area contributed by atoms with Crippen LogP contribution in [0, 0.1) is 13.8 Å². The van der Waals surface area contributed by atoms with Crippen molar-refractivity contribution in [3.05, 3.63) is 75.7 Å². The second-order valence-corrected chi connectivity index (χ2v) is 10.1. The molecule has 1 fully saturated rings. The number of amides is 1. The number of nitrogens with zero attached hydrogens (tertiary/aromatic N) is 2. The summed E-state index contributed by atoms with van der Waals surface area (Å²) in [5.74, 6) is -0.00654. The summed E-state index contributed by atoms with van der Waals surface area (Å²) in [5, 5.41) is 2.83. The molecule has 1 aliphatic rings. The quantitative estimate of drug-likeness (QED) is 0.598. The van der Waals surface area contributed by atoms with Crippen LogP contribution >= 0.6 is 0 Å². The Kier molecular flexibility index (Phi) is 6.44. The third kappa shape index (κ3) is 5.04. The maximum Gasteiger partial charge on any atom is 0.255 e. The Labute approximate surface area is 192 Å². The summed E-state index contributed by atoms with van der Waals surface area (Å²) in [6.07, 6.45) is 2.71. The van der Waals surface area contributed by atoms with E-state index in [4.69, 9.17) is 0 Å². The molecule has 0 spiro atoms. The summed E-state index contributed by atoms with van der Waals surface area (Å²) in [6, 6.07) is 13.0. The number of anilines is 1. The van der Waals surface area contributed by atoms with Gasteiger partial charge in [-0.2, -0.15) is 4.31 Å². The fourth-order valence-corrected chi connectivity index (χ4v) is 5.46. The lowest BCUT2D eigenvalue weighted by molar-refractivity contribution is 0.102. The first kappa shape index (κ1) is 22.9. The Balaban J connectivity index is 1.60. The maximum absolute atomic E-state index is 13.1. The molecule has 8 nitrogen and oxygen atoms in total. The zero-order valence-corrected chi connectivity index (χ0v) is 19.4. The topological polar surface area (TPSA) is 112 Å². The first-order chi connectivity index (χ1) is 15.7. The zero-order valence-electron chi connectivity index (χ0n) is 18.6. The van der Waals surface area contributed by atoms with Crippen LogP contribution in [0.3, 0.4) is 0 Å². The summed E-state index contributed by atoms with van der Waals surface area (Å²) in [4.78, 5) is 32.0. The number of carbonyl (C=O) groups excluding carboxylic acids is 1. The molecule has 3 aromatic rings. The molecule has 2 heterocycles. The van der Waals surface area contributed by atoms with Crippen molar-refractivity contribution in [3.8, 4) is 11.4 Å². The van der Waals surface area contributed by atoms with Crippen LogP contribution in [0.25, 0.3) is 11.4 Å². The fourth-order valence-electron chi connectivity index (χ4n) is 3.92. The molecular formula is C24H26N4O4S. The lowest BCUT2D eigenvalue weighted by Gasteiger charge is -2.26. The number of sulfonamides is 1. The molecule has 1 aliphatic heterocycles. The Bertz CT molecular complexity index is 1360. The van der Waals surface area contributed by atoms with Crippen molar-refractivity contribution in [3.63, 3.8) is 0 Å². The van der Waals surface area contributed by atoms with Gasteiger partial charge in [0.05, 0.1) is 4.90 Å². The van der Waals surface area contributed by atoms with E-state index in [2.05, 4.69) is 15.3 Å². The van der Waals surface area contributed by atoms with Crippen molar-refractivity contribution in [2.24, 2.45) is 0 Å². The second kappa shape index (κ2) is 9.29. The minimum Gasteiger partial charge on any atom is -0.322 e. The molecule has 9 heteroatoms. The molecule has 2 N–H and O–H groups in total. The summed E-state index contributed by atoms with van der Waals surface area (Å²) in [7, 11) is -3.65. The number of aromatic nitrogens is 2. The van der Waals surface area contributed by atoms with Gasteiger partial charge in [-0.25, -0.2) is 13.4 Å². The van der Waals surface area contributed by atoms with E-state index in [0.717, 1.165) is 19.3 Å². The van der Waals surface area contributed by atoms with E-state index in [9.17, 15) is 18.0 Å². The lowest BCUT2D eigenvalue weighted by Crippen LogP contribution is -2.35. The summed E-state index contributed by atoms with van der Waals surface area (Å²) in [6.45, 7) is 4.50. The van der Waals surface area contributed by atoms with Crippen LogP contribution in [0.4, 0.5) is 5.69 Å². The van der Waals surface area contributed by atoms with E-state index in [1.807, 2.05) is 0 Å². The number of rotatable bonds is 5. The third-order valence-corrected chi connectivity index (χ3v) is 7.56. The number of carbonyl (C=O) groups is 1. The number of aromatic amines is 1. The first-order valence-electron chi connectivity index (χ1n) is 10.8. The highest BCUT2D eigenvalue weighted by Crippen LogP contribution is 2.24. The number of piperidine rings is 1. The fraction of sp³-hybridized carbons (Fsp3) is 0.292. The first-order valence-corrected chi connectivity index (χ1v) is 12.3. The van der Waals surface area contributed by atoms with Crippen molar-refractivity contribution >= 4 is 21.6 Å². The van der Waals surface area contributed by atoms with Gasteiger partial charge in [-0.1, -0.05) is 24.6 Å². The van der Waals surface area contributed by atoms with Gasteiger partial charge in [0.25, 0.3) is 11.5 Å². The molecule has 2 aromatic carbocycles. The van der Waals surface area contributed by atoms with Gasteiger partial charge in [0, 0.05) is 41.7 Å². The Hall–Kier alpha value is -3.30. The van der Waals surface area contributed by atoms with E-state index in [1.54, 1.807) is 50.2 Å².